The maximum atomic E-state index is 14.3. The van der Waals surface area contributed by atoms with Crippen LogP contribution in [0, 0.1) is 0 Å². The first-order valence-corrected chi connectivity index (χ1v) is 17.4. The first-order chi connectivity index (χ1) is 23.6. The van der Waals surface area contributed by atoms with Crippen molar-refractivity contribution in [2.24, 2.45) is 0 Å². The van der Waals surface area contributed by atoms with Gasteiger partial charge in [0.05, 0.1) is 12.6 Å². The van der Waals surface area contributed by atoms with Crippen LogP contribution in [0.2, 0.25) is 0 Å². The summed E-state index contributed by atoms with van der Waals surface area (Å²) >= 11 is 0. The van der Waals surface area contributed by atoms with Gasteiger partial charge in [0.25, 0.3) is 0 Å². The average molecular weight is 689 g/mol. The van der Waals surface area contributed by atoms with Crippen LogP contribution in [-0.2, 0) is 38.2 Å². The maximum Gasteiger partial charge on any atom is 0.332 e. The second-order valence-electron chi connectivity index (χ2n) is 12.5. The van der Waals surface area contributed by atoms with Gasteiger partial charge in [0.2, 0.25) is 23.2 Å². The average Bonchev–Trinajstić information content (AvgIpc) is 3.09. The summed E-state index contributed by atoms with van der Waals surface area (Å²) in [6.07, 6.45) is 6.89. The molecular formula is C36H44N6O6S. The summed E-state index contributed by atoms with van der Waals surface area (Å²) in [4.78, 5) is 44.2. The standard InChI is InChI=1S/C36H44N6O6S/c1-25(2)42(36(45)37-21-27-14-18-31(48-4)19-15-27)39(3)34-23-40(22-29-10-7-9-28-8-5-6-11-32(28)29)35(44)33(41(34)24-43)20-26-12-16-30(17-13-26)38-49(46)47/h5-18,24-25,31,33-34,49H,19-23H2,1-4H3,(H,37,45)(H,38,46,47)/t31?,33-,34+/m0/s1. The smallest absolute Gasteiger partial charge is 0.332 e. The van der Waals surface area contributed by atoms with E-state index < -0.39 is 23.1 Å². The highest BCUT2D eigenvalue weighted by atomic mass is 32.2. The van der Waals surface area contributed by atoms with Gasteiger partial charge in [0, 0.05) is 45.4 Å². The van der Waals surface area contributed by atoms with Gasteiger partial charge in [-0.1, -0.05) is 72.8 Å². The third kappa shape index (κ3) is 8.48. The minimum absolute atomic E-state index is 0.0178. The van der Waals surface area contributed by atoms with Crippen LogP contribution in [0.1, 0.15) is 31.4 Å². The van der Waals surface area contributed by atoms with E-state index in [-0.39, 0.29) is 37.0 Å². The number of hydrogen-bond donors (Lipinski definition) is 3. The number of rotatable bonds is 13. The summed E-state index contributed by atoms with van der Waals surface area (Å²) in [6.45, 7) is 4.59. The molecule has 5 rings (SSSR count). The van der Waals surface area contributed by atoms with Crippen LogP contribution in [0.5, 0.6) is 0 Å². The number of hydrogen-bond acceptors (Lipinski definition) is 7. The number of thiol groups is 1. The fraction of sp³-hybridized carbons (Fsp3) is 0.361. The number of likely N-dealkylation sites (N-methyl/N-ethyl adjacent to an activating group) is 1. The van der Waals surface area contributed by atoms with Crippen molar-refractivity contribution < 1.29 is 27.5 Å². The molecule has 1 fully saturated rings. The number of piperazine rings is 1. The second-order valence-corrected chi connectivity index (χ2v) is 13.2. The zero-order chi connectivity index (χ0) is 35.1. The number of fused-ring (bicyclic) bond motifs is 1. The summed E-state index contributed by atoms with van der Waals surface area (Å²) in [5.74, 6) is -0.222. The molecule has 0 radical (unpaired) electrons. The highest BCUT2D eigenvalue weighted by Gasteiger charge is 2.44. The Bertz CT molecular complexity index is 1780. The minimum atomic E-state index is -2.82. The molecule has 1 heterocycles. The first-order valence-electron chi connectivity index (χ1n) is 16.3. The molecule has 3 atom stereocenters. The molecule has 0 spiro atoms. The molecule has 3 aromatic rings. The lowest BCUT2D eigenvalue weighted by Crippen LogP contribution is -2.69. The van der Waals surface area contributed by atoms with Gasteiger partial charge in [-0.25, -0.2) is 13.2 Å². The number of carbonyl (C=O) groups is 3. The third-order valence-corrected chi connectivity index (χ3v) is 9.44. The number of ether oxygens (including phenoxy) is 1. The molecule has 3 aromatic carbocycles. The molecule has 1 aliphatic heterocycles. The minimum Gasteiger partial charge on any atom is -0.377 e. The van der Waals surface area contributed by atoms with Crippen molar-refractivity contribution in [3.63, 3.8) is 0 Å². The van der Waals surface area contributed by atoms with Crippen molar-refractivity contribution in [2.75, 3.05) is 32.0 Å². The normalized spacial score (nSPS) is 19.4. The van der Waals surface area contributed by atoms with Crippen LogP contribution in [0.4, 0.5) is 10.5 Å². The number of anilines is 1. The topological polar surface area (TPSA) is 132 Å². The number of amides is 4. The van der Waals surface area contributed by atoms with Gasteiger partial charge in [-0.15, -0.1) is 0 Å². The fourth-order valence-corrected chi connectivity index (χ4v) is 6.85. The molecular weight excluding hydrogens is 644 g/mol. The summed E-state index contributed by atoms with van der Waals surface area (Å²) < 4.78 is 30.0. The van der Waals surface area contributed by atoms with E-state index in [4.69, 9.17) is 4.74 Å². The maximum absolute atomic E-state index is 14.3. The zero-order valence-corrected chi connectivity index (χ0v) is 29.1. The van der Waals surface area contributed by atoms with E-state index in [1.807, 2.05) is 74.5 Å². The largest absolute Gasteiger partial charge is 0.377 e. The molecule has 0 bridgehead atoms. The fourth-order valence-electron chi connectivity index (χ4n) is 6.49. The predicted octanol–water partition coefficient (Wildman–Crippen LogP) is 3.68. The molecule has 1 saturated heterocycles. The molecule has 2 N–H and O–H groups in total. The Labute approximate surface area is 289 Å². The first kappa shape index (κ1) is 35.6. The van der Waals surface area contributed by atoms with Gasteiger partial charge < -0.3 is 19.9 Å². The van der Waals surface area contributed by atoms with Gasteiger partial charge in [-0.2, -0.15) is 5.01 Å². The SMILES string of the molecule is COC1C=CC(CNC(=O)N(C(C)C)N(C)[C@H]2CN(Cc3cccc4ccccc34)C(=O)[C@H](Cc3ccc(N[SH](=O)=O)cc3)N2C=O)=CC1. The molecule has 0 saturated carbocycles. The van der Waals surface area contributed by atoms with Crippen LogP contribution >= 0.6 is 0 Å². The van der Waals surface area contributed by atoms with E-state index in [1.54, 1.807) is 53.3 Å². The number of nitrogens with one attached hydrogen (secondary N) is 2. The summed E-state index contributed by atoms with van der Waals surface area (Å²) in [6, 6.07) is 19.2. The van der Waals surface area contributed by atoms with Crippen molar-refractivity contribution in [2.45, 2.75) is 57.6 Å². The van der Waals surface area contributed by atoms with Crippen LogP contribution in [0.15, 0.2) is 90.5 Å². The van der Waals surface area contributed by atoms with Gasteiger partial charge in [0.15, 0.2) is 0 Å². The Hall–Kier alpha value is -4.72. The van der Waals surface area contributed by atoms with Gasteiger partial charge in [-0.05, 0) is 59.9 Å². The second kappa shape index (κ2) is 16.1. The molecule has 2 aliphatic rings. The molecule has 49 heavy (non-hydrogen) atoms. The Morgan fingerprint density at radius 3 is 2.47 bits per heavy atom. The molecule has 12 nitrogen and oxygen atoms in total. The van der Waals surface area contributed by atoms with Gasteiger partial charge in [0.1, 0.15) is 12.2 Å². The van der Waals surface area contributed by atoms with Crippen molar-refractivity contribution in [3.8, 4) is 0 Å². The predicted molar refractivity (Wildman–Crippen MR) is 190 cm³/mol. The summed E-state index contributed by atoms with van der Waals surface area (Å²) in [5.41, 5.74) is 3.08. The van der Waals surface area contributed by atoms with Crippen LogP contribution < -0.4 is 10.0 Å². The highest BCUT2D eigenvalue weighted by Crippen LogP contribution is 2.27. The Kier molecular flexibility index (Phi) is 11.7. The quantitative estimate of drug-likeness (QED) is 0.142. The van der Waals surface area contributed by atoms with Gasteiger partial charge in [-0.3, -0.25) is 19.3 Å². The molecule has 260 valence electrons. The lowest BCUT2D eigenvalue weighted by atomic mass is 9.98. The molecule has 1 aliphatic carbocycles. The van der Waals surface area contributed by atoms with Gasteiger partial charge >= 0.3 is 6.03 Å². The summed E-state index contributed by atoms with van der Waals surface area (Å²) in [5, 5.41) is 8.43. The Morgan fingerprint density at radius 1 is 1.08 bits per heavy atom. The number of carbonyl (C=O) groups excluding carboxylic acids is 3. The van der Waals surface area contributed by atoms with E-state index in [2.05, 4.69) is 10.0 Å². The summed E-state index contributed by atoms with van der Waals surface area (Å²) in [7, 11) is 0.601. The van der Waals surface area contributed by atoms with E-state index >= 15 is 0 Å². The number of urea groups is 1. The molecule has 4 amide bonds. The van der Waals surface area contributed by atoms with Crippen molar-refractivity contribution in [1.82, 2.24) is 25.1 Å². The van der Waals surface area contributed by atoms with E-state index in [0.29, 0.717) is 25.2 Å². The zero-order valence-electron chi connectivity index (χ0n) is 28.2. The van der Waals surface area contributed by atoms with Crippen molar-refractivity contribution in [1.29, 1.82) is 0 Å². The van der Waals surface area contributed by atoms with E-state index in [1.165, 1.54) is 4.90 Å². The number of methoxy groups -OCH3 is 1. The van der Waals surface area contributed by atoms with Crippen molar-refractivity contribution in [3.05, 3.63) is 102 Å². The Balaban J connectivity index is 1.44. The van der Waals surface area contributed by atoms with Crippen molar-refractivity contribution >= 4 is 45.7 Å². The van der Waals surface area contributed by atoms with E-state index in [9.17, 15) is 22.8 Å². The number of nitrogens with zero attached hydrogens (tertiary/aromatic N) is 4. The lowest BCUT2D eigenvalue weighted by Gasteiger charge is -2.50. The number of hydrazine groups is 1. The van der Waals surface area contributed by atoms with E-state index in [0.717, 1.165) is 33.9 Å². The lowest BCUT2D eigenvalue weighted by molar-refractivity contribution is -0.168. The van der Waals surface area contributed by atoms with Crippen LogP contribution in [-0.4, -0.2) is 98.2 Å². The van der Waals surface area contributed by atoms with Crippen LogP contribution in [0.25, 0.3) is 10.8 Å². The highest BCUT2D eigenvalue weighted by molar-refractivity contribution is 7.73. The Morgan fingerprint density at radius 2 is 1.82 bits per heavy atom. The molecule has 0 aromatic heterocycles. The monoisotopic (exact) mass is 688 g/mol. The van der Waals surface area contributed by atoms with Crippen LogP contribution in [0.3, 0.4) is 0 Å². The molecule has 13 heteroatoms. The third-order valence-electron chi connectivity index (χ3n) is 9.00. The number of benzene rings is 3. The molecule has 1 unspecified atom stereocenters.